The average molecular weight is 285 g/mol. The van der Waals surface area contributed by atoms with Crippen LogP contribution in [-0.2, 0) is 11.2 Å². The summed E-state index contributed by atoms with van der Waals surface area (Å²) >= 11 is 1.61. The highest BCUT2D eigenvalue weighted by molar-refractivity contribution is 7.08. The summed E-state index contributed by atoms with van der Waals surface area (Å²) in [5.74, 6) is 0.227. The number of amides is 1. The Bertz CT molecular complexity index is 647. The molecule has 1 aromatic heterocycles. The van der Waals surface area contributed by atoms with Crippen molar-refractivity contribution in [2.24, 2.45) is 0 Å². The Hall–Kier alpha value is -2.07. The number of hydrogen-bond acceptors (Lipinski definition) is 3. The maximum atomic E-state index is 11.9. The van der Waals surface area contributed by atoms with Gasteiger partial charge in [-0.15, -0.1) is 0 Å². The Labute approximate surface area is 121 Å². The van der Waals surface area contributed by atoms with Crippen LogP contribution in [0.2, 0.25) is 0 Å². The van der Waals surface area contributed by atoms with E-state index in [0.29, 0.717) is 5.75 Å². The maximum absolute atomic E-state index is 11.9. The van der Waals surface area contributed by atoms with Crippen LogP contribution >= 0.6 is 11.3 Å². The third kappa shape index (κ3) is 2.60. The van der Waals surface area contributed by atoms with Crippen molar-refractivity contribution >= 4 is 23.3 Å². The molecule has 2 aromatic rings. The SMILES string of the molecule is O=C(C=Cc1ccsc1)NC1CCc2c(O)cccc21. The van der Waals surface area contributed by atoms with Crippen LogP contribution in [0, 0.1) is 0 Å². The summed E-state index contributed by atoms with van der Waals surface area (Å²) in [5.41, 5.74) is 3.02. The largest absolute Gasteiger partial charge is 0.508 e. The zero-order valence-electron chi connectivity index (χ0n) is 10.9. The van der Waals surface area contributed by atoms with Gasteiger partial charge in [0.25, 0.3) is 0 Å². The first kappa shape index (κ1) is 12.9. The predicted octanol–water partition coefficient (Wildman–Crippen LogP) is 3.27. The number of phenols is 1. The van der Waals surface area contributed by atoms with Crippen LogP contribution < -0.4 is 5.32 Å². The Balaban J connectivity index is 1.68. The molecule has 1 atom stereocenters. The molecular weight excluding hydrogens is 270 g/mol. The molecule has 0 saturated carbocycles. The topological polar surface area (TPSA) is 49.3 Å². The van der Waals surface area contributed by atoms with Crippen LogP contribution in [0.1, 0.15) is 29.2 Å². The molecule has 1 amide bonds. The molecule has 3 nitrogen and oxygen atoms in total. The molecule has 1 aromatic carbocycles. The van der Waals surface area contributed by atoms with E-state index in [1.54, 1.807) is 23.5 Å². The molecule has 0 bridgehead atoms. The van der Waals surface area contributed by atoms with E-state index >= 15 is 0 Å². The second kappa shape index (κ2) is 5.51. The molecule has 102 valence electrons. The maximum Gasteiger partial charge on any atom is 0.244 e. The second-order valence-corrected chi connectivity index (χ2v) is 5.61. The van der Waals surface area contributed by atoms with Gasteiger partial charge in [0.05, 0.1) is 6.04 Å². The van der Waals surface area contributed by atoms with Crippen LogP contribution in [-0.4, -0.2) is 11.0 Å². The minimum absolute atomic E-state index is 0.00303. The van der Waals surface area contributed by atoms with Crippen molar-refractivity contribution in [3.8, 4) is 5.75 Å². The molecule has 1 heterocycles. The lowest BCUT2D eigenvalue weighted by molar-refractivity contribution is -0.117. The van der Waals surface area contributed by atoms with Crippen molar-refractivity contribution < 1.29 is 9.90 Å². The van der Waals surface area contributed by atoms with Gasteiger partial charge in [-0.2, -0.15) is 11.3 Å². The third-order valence-corrected chi connectivity index (χ3v) is 4.23. The van der Waals surface area contributed by atoms with Gasteiger partial charge in [-0.25, -0.2) is 0 Å². The number of thiophene rings is 1. The summed E-state index contributed by atoms with van der Waals surface area (Å²) in [7, 11) is 0. The van der Waals surface area contributed by atoms with Crippen LogP contribution in [0.25, 0.3) is 6.08 Å². The normalized spacial score (nSPS) is 17.3. The molecule has 2 N–H and O–H groups in total. The highest BCUT2D eigenvalue weighted by Gasteiger charge is 2.25. The number of hydrogen-bond donors (Lipinski definition) is 2. The minimum atomic E-state index is -0.0996. The van der Waals surface area contributed by atoms with Crippen molar-refractivity contribution in [1.29, 1.82) is 0 Å². The first-order valence-corrected chi connectivity index (χ1v) is 7.50. The lowest BCUT2D eigenvalue weighted by Gasteiger charge is -2.12. The lowest BCUT2D eigenvalue weighted by Crippen LogP contribution is -2.25. The number of fused-ring (bicyclic) bond motifs is 1. The molecular formula is C16H15NO2S. The molecule has 4 heteroatoms. The fourth-order valence-electron chi connectivity index (χ4n) is 2.55. The van der Waals surface area contributed by atoms with Crippen molar-refractivity contribution in [1.82, 2.24) is 5.32 Å². The van der Waals surface area contributed by atoms with E-state index < -0.39 is 0 Å². The summed E-state index contributed by atoms with van der Waals surface area (Å²) in [6, 6.07) is 7.45. The Morgan fingerprint density at radius 3 is 3.10 bits per heavy atom. The highest BCUT2D eigenvalue weighted by Crippen LogP contribution is 2.36. The standard InChI is InChI=1S/C16H15NO2S/c18-15-3-1-2-12-13(15)5-6-14(12)17-16(19)7-4-11-8-9-20-10-11/h1-4,7-10,14,18H,5-6H2,(H,17,19). The molecule has 3 rings (SSSR count). The molecule has 0 spiro atoms. The molecule has 0 saturated heterocycles. The van der Waals surface area contributed by atoms with Gasteiger partial charge < -0.3 is 10.4 Å². The van der Waals surface area contributed by atoms with E-state index in [2.05, 4.69) is 5.32 Å². The summed E-state index contributed by atoms with van der Waals surface area (Å²) in [6.07, 6.45) is 5.01. The Morgan fingerprint density at radius 2 is 2.30 bits per heavy atom. The first-order chi connectivity index (χ1) is 9.74. The van der Waals surface area contributed by atoms with E-state index in [1.165, 1.54) is 0 Å². The quantitative estimate of drug-likeness (QED) is 0.850. The van der Waals surface area contributed by atoms with Crippen molar-refractivity contribution in [2.45, 2.75) is 18.9 Å². The van der Waals surface area contributed by atoms with E-state index in [4.69, 9.17) is 0 Å². The van der Waals surface area contributed by atoms with Crippen molar-refractivity contribution in [3.05, 3.63) is 57.8 Å². The van der Waals surface area contributed by atoms with Gasteiger partial charge in [0.15, 0.2) is 0 Å². The zero-order valence-corrected chi connectivity index (χ0v) is 11.7. The molecule has 0 aliphatic heterocycles. The average Bonchev–Trinajstić information content (AvgIpc) is 3.07. The molecule has 0 radical (unpaired) electrons. The summed E-state index contributed by atoms with van der Waals surface area (Å²) < 4.78 is 0. The highest BCUT2D eigenvalue weighted by atomic mass is 32.1. The van der Waals surface area contributed by atoms with E-state index in [0.717, 1.165) is 29.5 Å². The number of phenolic OH excluding ortho intramolecular Hbond substituents is 1. The number of carbonyl (C=O) groups excluding carboxylic acids is 1. The van der Waals surface area contributed by atoms with Crippen molar-refractivity contribution in [2.75, 3.05) is 0 Å². The Kier molecular flexibility index (Phi) is 3.56. The van der Waals surface area contributed by atoms with Gasteiger partial charge in [0, 0.05) is 6.08 Å². The second-order valence-electron chi connectivity index (χ2n) is 4.83. The van der Waals surface area contributed by atoms with Gasteiger partial charge >= 0.3 is 0 Å². The van der Waals surface area contributed by atoms with Crippen molar-refractivity contribution in [3.63, 3.8) is 0 Å². The molecule has 1 unspecified atom stereocenters. The van der Waals surface area contributed by atoms with Gasteiger partial charge in [-0.05, 0) is 58.5 Å². The molecule has 1 aliphatic rings. The van der Waals surface area contributed by atoms with Gasteiger partial charge in [-0.3, -0.25) is 4.79 Å². The minimum Gasteiger partial charge on any atom is -0.508 e. The summed E-state index contributed by atoms with van der Waals surface area (Å²) in [4.78, 5) is 11.9. The molecule has 20 heavy (non-hydrogen) atoms. The smallest absolute Gasteiger partial charge is 0.244 e. The number of nitrogens with one attached hydrogen (secondary N) is 1. The van der Waals surface area contributed by atoms with Gasteiger partial charge in [-0.1, -0.05) is 12.1 Å². The van der Waals surface area contributed by atoms with E-state index in [1.807, 2.05) is 35.0 Å². The number of aromatic hydroxyl groups is 1. The molecule has 0 fully saturated rings. The third-order valence-electron chi connectivity index (χ3n) is 3.53. The fraction of sp³-hybridized carbons (Fsp3) is 0.188. The molecule has 1 aliphatic carbocycles. The van der Waals surface area contributed by atoms with E-state index in [-0.39, 0.29) is 11.9 Å². The van der Waals surface area contributed by atoms with Crippen LogP contribution in [0.5, 0.6) is 5.75 Å². The van der Waals surface area contributed by atoms with E-state index in [9.17, 15) is 9.90 Å². The van der Waals surface area contributed by atoms with Gasteiger partial charge in [0.2, 0.25) is 5.91 Å². The lowest BCUT2D eigenvalue weighted by atomic mass is 10.1. The van der Waals surface area contributed by atoms with Gasteiger partial charge in [0.1, 0.15) is 5.75 Å². The predicted molar refractivity (Wildman–Crippen MR) is 80.7 cm³/mol. The zero-order chi connectivity index (χ0) is 13.9. The van der Waals surface area contributed by atoms with Crippen LogP contribution in [0.4, 0.5) is 0 Å². The van der Waals surface area contributed by atoms with Crippen LogP contribution in [0.15, 0.2) is 41.1 Å². The fourth-order valence-corrected chi connectivity index (χ4v) is 3.18. The first-order valence-electron chi connectivity index (χ1n) is 6.55. The Morgan fingerprint density at radius 1 is 1.40 bits per heavy atom. The number of carbonyl (C=O) groups is 1. The summed E-state index contributed by atoms with van der Waals surface area (Å²) in [5, 5.41) is 16.7. The van der Waals surface area contributed by atoms with Crippen LogP contribution in [0.3, 0.4) is 0 Å². The monoisotopic (exact) mass is 285 g/mol. The number of benzene rings is 1. The summed E-state index contributed by atoms with van der Waals surface area (Å²) in [6.45, 7) is 0. The number of rotatable bonds is 3.